The standard InChI is InChI=1S/C8H13O2Se/c11-7-1-3-8(4-2-7)9-5-6-10-8/h7H,1-6H2. The Morgan fingerprint density at radius 1 is 1.09 bits per heavy atom. The molecule has 0 N–H and O–H groups in total. The van der Waals surface area contributed by atoms with Gasteiger partial charge in [-0.15, -0.1) is 0 Å². The van der Waals surface area contributed by atoms with E-state index in [1.807, 2.05) is 0 Å². The Labute approximate surface area is 75.4 Å². The molecule has 0 aromatic carbocycles. The number of rotatable bonds is 0. The topological polar surface area (TPSA) is 18.5 Å². The van der Waals surface area contributed by atoms with Crippen LogP contribution in [0, 0.1) is 0 Å². The second-order valence-electron chi connectivity index (χ2n) is 3.31. The van der Waals surface area contributed by atoms with E-state index in [1.165, 1.54) is 12.8 Å². The fourth-order valence-corrected chi connectivity index (χ4v) is 2.31. The predicted octanol–water partition coefficient (Wildman–Crippen LogP) is 1.26. The molecule has 0 bridgehead atoms. The molecule has 1 saturated carbocycles. The molecule has 0 aromatic rings. The normalized spacial score (nSPS) is 31.4. The van der Waals surface area contributed by atoms with Gasteiger partial charge in [-0.2, -0.15) is 0 Å². The molecule has 2 nitrogen and oxygen atoms in total. The maximum absolute atomic E-state index is 5.59. The average molecular weight is 220 g/mol. The molecule has 0 atom stereocenters. The van der Waals surface area contributed by atoms with Crippen molar-refractivity contribution in [1.29, 1.82) is 0 Å². The van der Waals surface area contributed by atoms with Gasteiger partial charge in [0.2, 0.25) is 0 Å². The molecule has 2 aliphatic rings. The molecule has 1 aliphatic carbocycles. The van der Waals surface area contributed by atoms with Gasteiger partial charge in [0.15, 0.2) is 0 Å². The monoisotopic (exact) mass is 221 g/mol. The third-order valence-corrected chi connectivity index (χ3v) is 3.50. The molecule has 1 spiro atoms. The second-order valence-corrected chi connectivity index (χ2v) is 4.71. The van der Waals surface area contributed by atoms with Gasteiger partial charge in [0.1, 0.15) is 0 Å². The first-order valence-corrected chi connectivity index (χ1v) is 5.23. The Bertz CT molecular complexity index is 133. The summed E-state index contributed by atoms with van der Waals surface area (Å²) < 4.78 is 11.2. The number of hydrogen-bond donors (Lipinski definition) is 0. The fourth-order valence-electron chi connectivity index (χ4n) is 1.82. The van der Waals surface area contributed by atoms with Gasteiger partial charge in [-0.3, -0.25) is 0 Å². The molecule has 2 fully saturated rings. The molecule has 3 heteroatoms. The summed E-state index contributed by atoms with van der Waals surface area (Å²) in [6, 6.07) is 0. The molecule has 0 amide bonds. The van der Waals surface area contributed by atoms with Gasteiger partial charge in [-0.05, 0) is 0 Å². The van der Waals surface area contributed by atoms with E-state index in [1.54, 1.807) is 0 Å². The van der Waals surface area contributed by atoms with E-state index in [0.29, 0.717) is 0 Å². The third-order valence-electron chi connectivity index (χ3n) is 2.51. The molecular weight excluding hydrogens is 207 g/mol. The zero-order valence-electron chi connectivity index (χ0n) is 6.54. The first-order valence-electron chi connectivity index (χ1n) is 4.24. The van der Waals surface area contributed by atoms with Crippen LogP contribution in [0.25, 0.3) is 0 Å². The van der Waals surface area contributed by atoms with Gasteiger partial charge in [0, 0.05) is 0 Å². The van der Waals surface area contributed by atoms with E-state index < -0.39 is 0 Å². The van der Waals surface area contributed by atoms with E-state index in [2.05, 4.69) is 16.0 Å². The van der Waals surface area contributed by atoms with Crippen molar-refractivity contribution in [3.05, 3.63) is 0 Å². The summed E-state index contributed by atoms with van der Waals surface area (Å²) in [7, 11) is 0. The zero-order chi connectivity index (χ0) is 7.73. The van der Waals surface area contributed by atoms with Crippen LogP contribution in [0.5, 0.6) is 0 Å². The molecule has 0 aromatic heterocycles. The van der Waals surface area contributed by atoms with Gasteiger partial charge in [-0.25, -0.2) is 0 Å². The second kappa shape index (κ2) is 3.06. The van der Waals surface area contributed by atoms with Gasteiger partial charge in [0.25, 0.3) is 0 Å². The van der Waals surface area contributed by atoms with Gasteiger partial charge >= 0.3 is 75.0 Å². The van der Waals surface area contributed by atoms with E-state index in [0.717, 1.165) is 30.9 Å². The van der Waals surface area contributed by atoms with Crippen molar-refractivity contribution in [2.45, 2.75) is 36.3 Å². The third kappa shape index (κ3) is 1.62. The van der Waals surface area contributed by atoms with Gasteiger partial charge in [-0.1, -0.05) is 0 Å². The molecule has 1 heterocycles. The summed E-state index contributed by atoms with van der Waals surface area (Å²) in [6.45, 7) is 1.58. The van der Waals surface area contributed by atoms with E-state index in [-0.39, 0.29) is 5.79 Å². The van der Waals surface area contributed by atoms with Crippen LogP contribution in [-0.4, -0.2) is 35.0 Å². The van der Waals surface area contributed by atoms with Crippen LogP contribution in [-0.2, 0) is 9.47 Å². The maximum atomic E-state index is 5.59. The molecule has 63 valence electrons. The van der Waals surface area contributed by atoms with Crippen molar-refractivity contribution in [1.82, 2.24) is 0 Å². The minimum absolute atomic E-state index is 0.166. The Hall–Kier alpha value is 0.439. The van der Waals surface area contributed by atoms with Crippen molar-refractivity contribution in [3.63, 3.8) is 0 Å². The van der Waals surface area contributed by atoms with Crippen LogP contribution in [0.3, 0.4) is 0 Å². The molecule has 1 radical (unpaired) electrons. The number of hydrogen-bond acceptors (Lipinski definition) is 2. The predicted molar refractivity (Wildman–Crippen MR) is 42.6 cm³/mol. The Morgan fingerprint density at radius 2 is 1.64 bits per heavy atom. The summed E-state index contributed by atoms with van der Waals surface area (Å²) >= 11 is 3.17. The van der Waals surface area contributed by atoms with Crippen molar-refractivity contribution < 1.29 is 9.47 Å². The summed E-state index contributed by atoms with van der Waals surface area (Å²) in [5, 5.41) is 0. The van der Waals surface area contributed by atoms with Crippen molar-refractivity contribution in [3.8, 4) is 0 Å². The van der Waals surface area contributed by atoms with Gasteiger partial charge < -0.3 is 0 Å². The minimum atomic E-state index is -0.166. The summed E-state index contributed by atoms with van der Waals surface area (Å²) in [5.41, 5.74) is 0. The molecule has 0 unspecified atom stereocenters. The molecule has 11 heavy (non-hydrogen) atoms. The first-order chi connectivity index (χ1) is 5.31. The van der Waals surface area contributed by atoms with Crippen LogP contribution in [0.4, 0.5) is 0 Å². The Balaban J connectivity index is 1.94. The van der Waals surface area contributed by atoms with Crippen molar-refractivity contribution >= 4 is 16.0 Å². The average Bonchev–Trinajstić information content (AvgIpc) is 2.45. The van der Waals surface area contributed by atoms with E-state index in [9.17, 15) is 0 Å². The number of ether oxygens (including phenoxy) is 2. The zero-order valence-corrected chi connectivity index (χ0v) is 8.26. The summed E-state index contributed by atoms with van der Waals surface area (Å²) in [4.78, 5) is 0.744. The van der Waals surface area contributed by atoms with E-state index in [4.69, 9.17) is 9.47 Å². The molecular formula is C8H13O2Se. The fraction of sp³-hybridized carbons (Fsp3) is 1.00. The van der Waals surface area contributed by atoms with Gasteiger partial charge in [0.05, 0.1) is 0 Å². The van der Waals surface area contributed by atoms with Crippen molar-refractivity contribution in [2.75, 3.05) is 13.2 Å². The summed E-state index contributed by atoms with van der Waals surface area (Å²) in [5.74, 6) is -0.166. The van der Waals surface area contributed by atoms with Crippen molar-refractivity contribution in [2.24, 2.45) is 0 Å². The van der Waals surface area contributed by atoms with Crippen LogP contribution in [0.2, 0.25) is 4.82 Å². The van der Waals surface area contributed by atoms with Crippen LogP contribution in [0.1, 0.15) is 25.7 Å². The molecule has 1 saturated heterocycles. The molecule has 1 aliphatic heterocycles. The first kappa shape index (κ1) is 8.06. The van der Waals surface area contributed by atoms with Crippen LogP contribution in [0.15, 0.2) is 0 Å². The molecule has 2 rings (SSSR count). The summed E-state index contributed by atoms with van der Waals surface area (Å²) in [6.07, 6.45) is 4.56. The Kier molecular flexibility index (Phi) is 2.24. The van der Waals surface area contributed by atoms with E-state index >= 15 is 0 Å². The van der Waals surface area contributed by atoms with Crippen LogP contribution < -0.4 is 0 Å². The SMILES string of the molecule is [Se]C1CCC2(CC1)OCCO2. The van der Waals surface area contributed by atoms with Crippen LogP contribution >= 0.6 is 0 Å². The Morgan fingerprint density at radius 3 is 2.18 bits per heavy atom. The quantitative estimate of drug-likeness (QED) is 0.572.